The van der Waals surface area contributed by atoms with Gasteiger partial charge in [-0.05, 0) is 49.4 Å². The molecule has 2 N–H and O–H groups in total. The number of para-hydroxylation sites is 2. The van der Waals surface area contributed by atoms with Crippen LogP contribution >= 0.6 is 11.6 Å². The molecule has 2 heterocycles. The quantitative estimate of drug-likeness (QED) is 0.206. The number of hydrogen-bond donors (Lipinski definition) is 2. The molecule has 0 spiro atoms. The third-order valence-electron chi connectivity index (χ3n) is 6.95. The number of alkyl halides is 1. The normalized spacial score (nSPS) is 18.1. The number of piperidine rings is 1. The van der Waals surface area contributed by atoms with E-state index in [2.05, 4.69) is 46.0 Å². The van der Waals surface area contributed by atoms with Crippen LogP contribution in [0.3, 0.4) is 0 Å². The van der Waals surface area contributed by atoms with Crippen LogP contribution in [0.5, 0.6) is 0 Å². The number of likely N-dealkylation sites (tertiary alicyclic amines) is 1. The van der Waals surface area contributed by atoms with Crippen molar-refractivity contribution >= 4 is 33.9 Å². The maximum Gasteiger partial charge on any atom is 0.231 e. The molecule has 0 bridgehead atoms. The standard InChI is InChI=1S/C29H31ClN4O2S/c30-25(16-17-31-37(35)36)24-9-6-18-34(20-24)19-21-12-14-23(15-13-21)29-28(22-7-2-1-3-8-22)32-26-10-4-5-11-27(26)33-29/h1-5,7-8,10-15,24-25,31H,6,9,16-20H2,(H,35,36). The summed E-state index contributed by atoms with van der Waals surface area (Å²) in [5.41, 5.74) is 6.90. The van der Waals surface area contributed by atoms with Crippen LogP contribution in [-0.4, -0.2) is 48.6 Å². The lowest BCUT2D eigenvalue weighted by atomic mass is 9.92. The highest BCUT2D eigenvalue weighted by Crippen LogP contribution is 2.32. The molecule has 5 rings (SSSR count). The van der Waals surface area contributed by atoms with E-state index in [9.17, 15) is 4.21 Å². The van der Waals surface area contributed by atoms with E-state index >= 15 is 0 Å². The van der Waals surface area contributed by atoms with Crippen LogP contribution in [-0.2, 0) is 17.8 Å². The molecule has 1 aromatic heterocycles. The minimum Gasteiger partial charge on any atom is -0.299 e. The van der Waals surface area contributed by atoms with Gasteiger partial charge in [0.15, 0.2) is 0 Å². The summed E-state index contributed by atoms with van der Waals surface area (Å²) in [6.07, 6.45) is 2.88. The van der Waals surface area contributed by atoms with Gasteiger partial charge < -0.3 is 0 Å². The number of rotatable bonds is 9. The van der Waals surface area contributed by atoms with Crippen molar-refractivity contribution in [3.63, 3.8) is 0 Å². The Bertz CT molecular complexity index is 1350. The Morgan fingerprint density at radius 1 is 0.946 bits per heavy atom. The van der Waals surface area contributed by atoms with E-state index < -0.39 is 11.3 Å². The number of halogens is 1. The average molecular weight is 535 g/mol. The van der Waals surface area contributed by atoms with Crippen LogP contribution in [0.1, 0.15) is 24.8 Å². The third-order valence-corrected chi connectivity index (χ3v) is 7.98. The fourth-order valence-corrected chi connectivity index (χ4v) is 5.68. The third kappa shape index (κ3) is 6.61. The van der Waals surface area contributed by atoms with Crippen molar-refractivity contribution in [2.75, 3.05) is 19.6 Å². The first-order chi connectivity index (χ1) is 18.1. The number of nitrogens with zero attached hydrogens (tertiary/aromatic N) is 3. The zero-order valence-corrected chi connectivity index (χ0v) is 22.2. The molecule has 6 nitrogen and oxygen atoms in total. The van der Waals surface area contributed by atoms with Gasteiger partial charge in [-0.25, -0.2) is 18.9 Å². The fourth-order valence-electron chi connectivity index (χ4n) is 5.07. The van der Waals surface area contributed by atoms with Crippen molar-refractivity contribution < 1.29 is 8.76 Å². The summed E-state index contributed by atoms with van der Waals surface area (Å²) < 4.78 is 22.2. The zero-order valence-electron chi connectivity index (χ0n) is 20.6. The van der Waals surface area contributed by atoms with Gasteiger partial charge >= 0.3 is 0 Å². The number of aromatic nitrogens is 2. The fraction of sp³-hybridized carbons (Fsp3) is 0.310. The van der Waals surface area contributed by atoms with E-state index in [0.717, 1.165) is 66.0 Å². The molecule has 37 heavy (non-hydrogen) atoms. The molecule has 3 unspecified atom stereocenters. The van der Waals surface area contributed by atoms with Crippen LogP contribution in [0.2, 0.25) is 0 Å². The van der Waals surface area contributed by atoms with E-state index in [1.165, 1.54) is 5.56 Å². The molecule has 1 saturated heterocycles. The summed E-state index contributed by atoms with van der Waals surface area (Å²) in [5.74, 6) is 0.380. The van der Waals surface area contributed by atoms with E-state index in [1.807, 2.05) is 42.5 Å². The van der Waals surface area contributed by atoms with Crippen molar-refractivity contribution in [3.05, 3.63) is 84.4 Å². The van der Waals surface area contributed by atoms with Gasteiger partial charge in [-0.15, -0.1) is 11.6 Å². The highest BCUT2D eigenvalue weighted by Gasteiger charge is 2.26. The van der Waals surface area contributed by atoms with E-state index in [4.69, 9.17) is 26.1 Å². The molecule has 8 heteroatoms. The molecule has 0 aliphatic carbocycles. The second-order valence-electron chi connectivity index (χ2n) is 9.56. The SMILES string of the molecule is O=S(O)NCCC(Cl)C1CCCN(Cc2ccc(-c3nc4ccccc4nc3-c3ccccc3)cc2)C1. The zero-order chi connectivity index (χ0) is 25.6. The van der Waals surface area contributed by atoms with Gasteiger partial charge in [0.1, 0.15) is 0 Å². The van der Waals surface area contributed by atoms with Gasteiger partial charge in [0.05, 0.1) is 22.4 Å². The van der Waals surface area contributed by atoms with Crippen LogP contribution in [0.25, 0.3) is 33.5 Å². The highest BCUT2D eigenvalue weighted by molar-refractivity contribution is 7.77. The van der Waals surface area contributed by atoms with Crippen LogP contribution in [0.4, 0.5) is 0 Å². The first-order valence-corrected chi connectivity index (χ1v) is 14.2. The summed E-state index contributed by atoms with van der Waals surface area (Å²) in [7, 11) is 0. The number of fused-ring (bicyclic) bond motifs is 1. The minimum atomic E-state index is -1.98. The second kappa shape index (κ2) is 12.2. The summed E-state index contributed by atoms with van der Waals surface area (Å²) >= 11 is 4.66. The lowest BCUT2D eigenvalue weighted by Gasteiger charge is -2.35. The van der Waals surface area contributed by atoms with Crippen LogP contribution in [0.15, 0.2) is 78.9 Å². The van der Waals surface area contributed by atoms with Gasteiger partial charge in [0.2, 0.25) is 11.3 Å². The van der Waals surface area contributed by atoms with Gasteiger partial charge in [0, 0.05) is 36.1 Å². The van der Waals surface area contributed by atoms with Gasteiger partial charge in [-0.3, -0.25) is 9.45 Å². The molecule has 1 aliphatic rings. The largest absolute Gasteiger partial charge is 0.299 e. The molecule has 192 valence electrons. The summed E-state index contributed by atoms with van der Waals surface area (Å²) in [4.78, 5) is 12.4. The Hall–Kier alpha value is -2.68. The average Bonchev–Trinajstić information content (AvgIpc) is 2.93. The van der Waals surface area contributed by atoms with Gasteiger partial charge in [0.25, 0.3) is 0 Å². The number of hydrogen-bond acceptors (Lipinski definition) is 4. The maximum absolute atomic E-state index is 10.8. The molecular formula is C29H31ClN4O2S. The monoisotopic (exact) mass is 534 g/mol. The Labute approximate surface area is 225 Å². The molecule has 1 aliphatic heterocycles. The van der Waals surface area contributed by atoms with Crippen molar-refractivity contribution in [3.8, 4) is 22.5 Å². The highest BCUT2D eigenvalue weighted by atomic mass is 35.5. The van der Waals surface area contributed by atoms with Crippen LogP contribution in [0, 0.1) is 5.92 Å². The lowest BCUT2D eigenvalue weighted by Crippen LogP contribution is -2.39. The Morgan fingerprint density at radius 3 is 2.22 bits per heavy atom. The van der Waals surface area contributed by atoms with E-state index in [1.54, 1.807) is 0 Å². The summed E-state index contributed by atoms with van der Waals surface area (Å²) in [6, 6.07) is 26.9. The number of benzene rings is 3. The predicted molar refractivity (Wildman–Crippen MR) is 151 cm³/mol. The van der Waals surface area contributed by atoms with Crippen molar-refractivity contribution in [2.45, 2.75) is 31.2 Å². The van der Waals surface area contributed by atoms with Crippen molar-refractivity contribution in [1.82, 2.24) is 19.6 Å². The summed E-state index contributed by atoms with van der Waals surface area (Å²) in [6.45, 7) is 3.30. The topological polar surface area (TPSA) is 78.4 Å². The molecule has 0 amide bonds. The first-order valence-electron chi connectivity index (χ1n) is 12.7. The molecular weight excluding hydrogens is 504 g/mol. The Balaban J connectivity index is 1.31. The molecule has 0 saturated carbocycles. The predicted octanol–water partition coefficient (Wildman–Crippen LogP) is 5.90. The Morgan fingerprint density at radius 2 is 1.57 bits per heavy atom. The van der Waals surface area contributed by atoms with Gasteiger partial charge in [-0.2, -0.15) is 0 Å². The van der Waals surface area contributed by atoms with Crippen molar-refractivity contribution in [1.29, 1.82) is 0 Å². The van der Waals surface area contributed by atoms with E-state index in [0.29, 0.717) is 18.9 Å². The Kier molecular flexibility index (Phi) is 8.59. The lowest BCUT2D eigenvalue weighted by molar-refractivity contribution is 0.162. The molecule has 0 radical (unpaired) electrons. The maximum atomic E-state index is 10.8. The summed E-state index contributed by atoms with van der Waals surface area (Å²) in [5, 5.41) is -0.0101. The molecule has 3 aromatic carbocycles. The molecule has 1 fully saturated rings. The smallest absolute Gasteiger partial charge is 0.231 e. The van der Waals surface area contributed by atoms with Crippen LogP contribution < -0.4 is 4.72 Å². The molecule has 3 atom stereocenters. The first kappa shape index (κ1) is 25.9. The molecule has 4 aromatic rings. The van der Waals surface area contributed by atoms with Crippen molar-refractivity contribution in [2.24, 2.45) is 5.92 Å². The minimum absolute atomic E-state index is 0.0101. The number of nitrogens with one attached hydrogen (secondary N) is 1. The van der Waals surface area contributed by atoms with E-state index in [-0.39, 0.29) is 5.38 Å². The second-order valence-corrected chi connectivity index (χ2v) is 10.9. The van der Waals surface area contributed by atoms with Gasteiger partial charge in [-0.1, -0.05) is 66.7 Å².